The van der Waals surface area contributed by atoms with Gasteiger partial charge >= 0.3 is 6.03 Å². The van der Waals surface area contributed by atoms with Crippen LogP contribution in [0.4, 0.5) is 16.3 Å². The lowest BCUT2D eigenvalue weighted by Crippen LogP contribution is -2.21. The summed E-state index contributed by atoms with van der Waals surface area (Å²) in [4.78, 5) is 11.8. The van der Waals surface area contributed by atoms with Crippen molar-refractivity contribution >= 4 is 17.5 Å². The number of rotatable bonds is 3. The van der Waals surface area contributed by atoms with Crippen LogP contribution in [0.5, 0.6) is 0 Å². The minimum atomic E-state index is -0.314. The highest BCUT2D eigenvalue weighted by Crippen LogP contribution is 2.15. The molecule has 1 aromatic heterocycles. The normalized spacial score (nSPS) is 11.9. The number of nitrogens with two attached hydrogens (primary N) is 1. The van der Waals surface area contributed by atoms with E-state index < -0.39 is 0 Å². The third-order valence-electron chi connectivity index (χ3n) is 2.73. The number of hydrogen-bond donors (Lipinski definition) is 3. The van der Waals surface area contributed by atoms with Crippen molar-refractivity contribution in [1.82, 2.24) is 9.78 Å². The van der Waals surface area contributed by atoms with E-state index in [4.69, 9.17) is 5.73 Å². The van der Waals surface area contributed by atoms with Crippen molar-refractivity contribution in [2.45, 2.75) is 13.0 Å². The third-order valence-corrected chi connectivity index (χ3v) is 2.73. The van der Waals surface area contributed by atoms with Crippen molar-refractivity contribution in [3.05, 3.63) is 42.1 Å². The van der Waals surface area contributed by atoms with E-state index in [-0.39, 0.29) is 12.1 Å². The van der Waals surface area contributed by atoms with Crippen molar-refractivity contribution in [2.75, 3.05) is 10.6 Å². The molecular formula is C13H17N5O. The summed E-state index contributed by atoms with van der Waals surface area (Å²) in [6.45, 7) is 1.90. The molecule has 0 bridgehead atoms. The summed E-state index contributed by atoms with van der Waals surface area (Å²) in [6.07, 6.45) is 1.62. The Kier molecular flexibility index (Phi) is 3.82. The molecule has 0 saturated carbocycles. The Morgan fingerprint density at radius 1 is 1.37 bits per heavy atom. The predicted molar refractivity (Wildman–Crippen MR) is 74.9 cm³/mol. The molecule has 1 aromatic carbocycles. The number of aromatic nitrogens is 2. The van der Waals surface area contributed by atoms with Crippen molar-refractivity contribution in [3.8, 4) is 0 Å². The third kappa shape index (κ3) is 3.32. The quantitative estimate of drug-likeness (QED) is 0.789. The smallest absolute Gasteiger partial charge is 0.324 e. The van der Waals surface area contributed by atoms with Crippen LogP contribution in [0.2, 0.25) is 0 Å². The summed E-state index contributed by atoms with van der Waals surface area (Å²) < 4.78 is 1.58. The highest BCUT2D eigenvalue weighted by Gasteiger charge is 2.06. The summed E-state index contributed by atoms with van der Waals surface area (Å²) in [6, 6.07) is 8.79. The van der Waals surface area contributed by atoms with Gasteiger partial charge in [0.1, 0.15) is 5.82 Å². The minimum absolute atomic E-state index is 0.0677. The Morgan fingerprint density at radius 2 is 2.16 bits per heavy atom. The van der Waals surface area contributed by atoms with Gasteiger partial charge in [-0.2, -0.15) is 5.10 Å². The fraction of sp³-hybridized carbons (Fsp3) is 0.231. The van der Waals surface area contributed by atoms with Crippen LogP contribution in [0, 0.1) is 0 Å². The average Bonchev–Trinajstić information content (AvgIpc) is 2.75. The van der Waals surface area contributed by atoms with Gasteiger partial charge in [0, 0.05) is 24.8 Å². The highest BCUT2D eigenvalue weighted by atomic mass is 16.2. The van der Waals surface area contributed by atoms with Crippen LogP contribution in [-0.4, -0.2) is 15.8 Å². The molecule has 1 heterocycles. The lowest BCUT2D eigenvalue weighted by Gasteiger charge is -2.10. The second-order valence-electron chi connectivity index (χ2n) is 4.33. The number of hydrogen-bond acceptors (Lipinski definition) is 3. The first-order valence-electron chi connectivity index (χ1n) is 5.98. The Balaban J connectivity index is 2.03. The molecule has 2 amide bonds. The van der Waals surface area contributed by atoms with Gasteiger partial charge in [0.25, 0.3) is 0 Å². The number of amides is 2. The number of nitrogens with zero attached hydrogens (tertiary/aromatic N) is 2. The molecule has 19 heavy (non-hydrogen) atoms. The first kappa shape index (κ1) is 13.1. The Labute approximate surface area is 111 Å². The van der Waals surface area contributed by atoms with Crippen LogP contribution in [-0.2, 0) is 7.05 Å². The zero-order valence-corrected chi connectivity index (χ0v) is 10.9. The summed E-state index contributed by atoms with van der Waals surface area (Å²) in [5.41, 5.74) is 7.48. The molecule has 1 unspecified atom stereocenters. The number of urea groups is 1. The number of benzene rings is 1. The van der Waals surface area contributed by atoms with E-state index in [2.05, 4.69) is 15.7 Å². The minimum Gasteiger partial charge on any atom is -0.324 e. The van der Waals surface area contributed by atoms with Crippen LogP contribution in [0.1, 0.15) is 18.5 Å². The van der Waals surface area contributed by atoms with Gasteiger partial charge in [-0.15, -0.1) is 0 Å². The average molecular weight is 259 g/mol. The van der Waals surface area contributed by atoms with Crippen LogP contribution in [0.3, 0.4) is 0 Å². The molecule has 4 N–H and O–H groups in total. The first-order chi connectivity index (χ1) is 9.06. The molecular weight excluding hydrogens is 242 g/mol. The molecule has 2 rings (SSSR count). The maximum atomic E-state index is 11.8. The molecule has 6 nitrogen and oxygen atoms in total. The van der Waals surface area contributed by atoms with Crippen LogP contribution in [0.15, 0.2) is 36.5 Å². The monoisotopic (exact) mass is 259 g/mol. The van der Waals surface area contributed by atoms with Gasteiger partial charge in [-0.05, 0) is 24.6 Å². The van der Waals surface area contributed by atoms with Crippen molar-refractivity contribution in [3.63, 3.8) is 0 Å². The SMILES string of the molecule is CC(N)c1cccc(NC(=O)Nc2ccnn2C)c1. The molecule has 0 aliphatic rings. The summed E-state index contributed by atoms with van der Waals surface area (Å²) >= 11 is 0. The van der Waals surface area contributed by atoms with E-state index in [1.54, 1.807) is 24.0 Å². The van der Waals surface area contributed by atoms with Gasteiger partial charge in [0.15, 0.2) is 0 Å². The zero-order chi connectivity index (χ0) is 13.8. The van der Waals surface area contributed by atoms with E-state index in [1.807, 2.05) is 31.2 Å². The molecule has 0 aliphatic heterocycles. The molecule has 6 heteroatoms. The summed E-state index contributed by atoms with van der Waals surface area (Å²) in [5.74, 6) is 0.626. The second-order valence-corrected chi connectivity index (χ2v) is 4.33. The second kappa shape index (κ2) is 5.53. The maximum absolute atomic E-state index is 11.8. The van der Waals surface area contributed by atoms with Gasteiger partial charge in [-0.3, -0.25) is 10.00 Å². The fourth-order valence-electron chi connectivity index (χ4n) is 1.67. The lowest BCUT2D eigenvalue weighted by atomic mass is 10.1. The van der Waals surface area contributed by atoms with E-state index >= 15 is 0 Å². The van der Waals surface area contributed by atoms with Gasteiger partial charge in [-0.1, -0.05) is 12.1 Å². The topological polar surface area (TPSA) is 85.0 Å². The van der Waals surface area contributed by atoms with Crippen LogP contribution >= 0.6 is 0 Å². The molecule has 1 atom stereocenters. The Hall–Kier alpha value is -2.34. The molecule has 0 saturated heterocycles. The van der Waals surface area contributed by atoms with E-state index in [0.29, 0.717) is 11.5 Å². The van der Waals surface area contributed by atoms with E-state index in [0.717, 1.165) is 5.56 Å². The highest BCUT2D eigenvalue weighted by molar-refractivity contribution is 5.99. The van der Waals surface area contributed by atoms with Gasteiger partial charge in [-0.25, -0.2) is 4.79 Å². The molecule has 0 fully saturated rings. The van der Waals surface area contributed by atoms with Crippen molar-refractivity contribution in [2.24, 2.45) is 12.8 Å². The largest absolute Gasteiger partial charge is 0.324 e. The molecule has 0 aliphatic carbocycles. The van der Waals surface area contributed by atoms with E-state index in [1.165, 1.54) is 0 Å². The van der Waals surface area contributed by atoms with Gasteiger partial charge in [0.05, 0.1) is 6.20 Å². The van der Waals surface area contributed by atoms with Crippen LogP contribution in [0.25, 0.3) is 0 Å². The number of carbonyl (C=O) groups excluding carboxylic acids is 1. The lowest BCUT2D eigenvalue weighted by molar-refractivity contribution is 0.262. The Bertz CT molecular complexity index is 576. The van der Waals surface area contributed by atoms with Crippen molar-refractivity contribution < 1.29 is 4.79 Å². The predicted octanol–water partition coefficient (Wildman–Crippen LogP) is 2.08. The molecule has 100 valence electrons. The summed E-state index contributed by atoms with van der Waals surface area (Å²) in [5, 5.41) is 9.43. The number of anilines is 2. The van der Waals surface area contributed by atoms with Gasteiger partial charge < -0.3 is 11.1 Å². The summed E-state index contributed by atoms with van der Waals surface area (Å²) in [7, 11) is 1.76. The first-order valence-corrected chi connectivity index (χ1v) is 5.98. The van der Waals surface area contributed by atoms with Gasteiger partial charge in [0.2, 0.25) is 0 Å². The molecule has 0 radical (unpaired) electrons. The maximum Gasteiger partial charge on any atom is 0.324 e. The standard InChI is InChI=1S/C13H17N5O/c1-9(14)10-4-3-5-11(8-10)16-13(19)17-12-6-7-15-18(12)2/h3-9H,14H2,1-2H3,(H2,16,17,19). The molecule has 0 spiro atoms. The fourth-order valence-corrected chi connectivity index (χ4v) is 1.67. The number of aryl methyl sites for hydroxylation is 1. The van der Waals surface area contributed by atoms with E-state index in [9.17, 15) is 4.79 Å². The number of carbonyl (C=O) groups is 1. The molecule has 2 aromatic rings. The number of nitrogens with one attached hydrogen (secondary N) is 2. The Morgan fingerprint density at radius 3 is 2.79 bits per heavy atom. The zero-order valence-electron chi connectivity index (χ0n) is 10.9. The van der Waals surface area contributed by atoms with Crippen molar-refractivity contribution in [1.29, 1.82) is 0 Å². The van der Waals surface area contributed by atoms with Crippen LogP contribution < -0.4 is 16.4 Å².